The molecule has 0 radical (unpaired) electrons. The van der Waals surface area contributed by atoms with Crippen molar-refractivity contribution in [2.24, 2.45) is 5.92 Å². The minimum atomic E-state index is -0.687. The molecular weight excluding hydrogens is 282 g/mol. The second-order valence-electron chi connectivity index (χ2n) is 4.54. The summed E-state index contributed by atoms with van der Waals surface area (Å²) in [5, 5.41) is 12.4. The van der Waals surface area contributed by atoms with Gasteiger partial charge in [0.05, 0.1) is 5.92 Å². The van der Waals surface area contributed by atoms with Crippen LogP contribution in [-0.4, -0.2) is 17.1 Å². The first-order chi connectivity index (χ1) is 8.09. The highest BCUT2D eigenvalue weighted by Crippen LogP contribution is 2.31. The molecule has 0 aliphatic heterocycles. The molecule has 0 spiro atoms. The van der Waals surface area contributed by atoms with E-state index in [4.69, 9.17) is 5.11 Å². The Morgan fingerprint density at radius 2 is 2.18 bits per heavy atom. The van der Waals surface area contributed by atoms with Crippen LogP contribution in [0.3, 0.4) is 0 Å². The minimum Gasteiger partial charge on any atom is -0.481 e. The highest BCUT2D eigenvalue weighted by Gasteiger charge is 2.37. The maximum absolute atomic E-state index is 10.9. The Kier molecular flexibility index (Phi) is 3.84. The van der Waals surface area contributed by atoms with Crippen molar-refractivity contribution >= 4 is 21.9 Å². The van der Waals surface area contributed by atoms with Crippen LogP contribution in [-0.2, 0) is 4.79 Å². The van der Waals surface area contributed by atoms with Crippen LogP contribution in [0.2, 0.25) is 0 Å². The van der Waals surface area contributed by atoms with E-state index in [1.165, 1.54) is 5.56 Å². The lowest BCUT2D eigenvalue weighted by molar-refractivity contribution is -0.146. The third kappa shape index (κ3) is 2.69. The van der Waals surface area contributed by atoms with Gasteiger partial charge in [0.15, 0.2) is 0 Å². The lowest BCUT2D eigenvalue weighted by atomic mass is 9.79. The molecule has 17 heavy (non-hydrogen) atoms. The number of hydrogen-bond acceptors (Lipinski definition) is 2. The Labute approximate surface area is 109 Å². The quantitative estimate of drug-likeness (QED) is 0.898. The van der Waals surface area contributed by atoms with Gasteiger partial charge in [-0.2, -0.15) is 0 Å². The van der Waals surface area contributed by atoms with Gasteiger partial charge >= 0.3 is 5.97 Å². The van der Waals surface area contributed by atoms with E-state index in [0.717, 1.165) is 17.3 Å². The number of carbonyl (C=O) groups is 1. The minimum absolute atomic E-state index is 0.106. The van der Waals surface area contributed by atoms with Crippen LogP contribution in [0.25, 0.3) is 0 Å². The van der Waals surface area contributed by atoms with E-state index < -0.39 is 5.97 Å². The third-order valence-electron chi connectivity index (χ3n) is 3.43. The molecule has 0 aromatic heterocycles. The summed E-state index contributed by atoms with van der Waals surface area (Å²) in [6.07, 6.45) is 1.74. The second kappa shape index (κ2) is 5.19. The first-order valence-corrected chi connectivity index (χ1v) is 6.62. The fraction of sp³-hybridized carbons (Fsp3) is 0.462. The van der Waals surface area contributed by atoms with E-state index >= 15 is 0 Å². The number of rotatable bonds is 4. The molecule has 1 aromatic carbocycles. The largest absolute Gasteiger partial charge is 0.481 e. The third-order valence-corrected chi connectivity index (χ3v) is 4.15. The summed E-state index contributed by atoms with van der Waals surface area (Å²) in [5.74, 6) is -0.909. The zero-order valence-corrected chi connectivity index (χ0v) is 11.3. The van der Waals surface area contributed by atoms with Crippen LogP contribution in [0, 0.1) is 5.92 Å². The molecule has 1 aromatic rings. The molecule has 1 aliphatic carbocycles. The topological polar surface area (TPSA) is 49.3 Å². The number of aliphatic carboxylic acids is 1. The van der Waals surface area contributed by atoms with Crippen LogP contribution in [0.4, 0.5) is 0 Å². The maximum Gasteiger partial charge on any atom is 0.308 e. The van der Waals surface area contributed by atoms with Gasteiger partial charge in [0, 0.05) is 16.6 Å². The molecule has 4 heteroatoms. The van der Waals surface area contributed by atoms with E-state index in [2.05, 4.69) is 34.2 Å². The van der Waals surface area contributed by atoms with Crippen LogP contribution >= 0.6 is 15.9 Å². The maximum atomic E-state index is 10.9. The Morgan fingerprint density at radius 3 is 2.71 bits per heavy atom. The van der Waals surface area contributed by atoms with Crippen LogP contribution < -0.4 is 5.32 Å². The summed E-state index contributed by atoms with van der Waals surface area (Å²) < 4.78 is 1.06. The number of hydrogen-bond donors (Lipinski definition) is 2. The lowest BCUT2D eigenvalue weighted by Crippen LogP contribution is -2.48. The molecule has 1 fully saturated rings. The molecule has 1 saturated carbocycles. The molecule has 2 rings (SSSR count). The Bertz CT molecular complexity index is 422. The smallest absolute Gasteiger partial charge is 0.308 e. The molecule has 0 heterocycles. The fourth-order valence-electron chi connectivity index (χ4n) is 2.23. The van der Waals surface area contributed by atoms with Crippen molar-refractivity contribution in [2.45, 2.75) is 31.8 Å². The normalized spacial score (nSPS) is 25.1. The number of carboxylic acid groups (broad SMARTS) is 1. The zero-order valence-electron chi connectivity index (χ0n) is 9.69. The number of nitrogens with one attached hydrogen (secondary N) is 1. The van der Waals surface area contributed by atoms with Crippen LogP contribution in [0.15, 0.2) is 28.7 Å². The predicted octanol–water partition coefficient (Wildman–Crippen LogP) is 2.96. The molecule has 3 nitrogen and oxygen atoms in total. The Hall–Kier alpha value is -0.870. The van der Waals surface area contributed by atoms with Crippen molar-refractivity contribution in [3.05, 3.63) is 34.3 Å². The zero-order chi connectivity index (χ0) is 12.4. The van der Waals surface area contributed by atoms with Crippen molar-refractivity contribution in [1.82, 2.24) is 5.32 Å². The molecule has 3 atom stereocenters. The van der Waals surface area contributed by atoms with Gasteiger partial charge in [-0.1, -0.05) is 34.1 Å². The summed E-state index contributed by atoms with van der Waals surface area (Å²) in [6.45, 7) is 2.07. The van der Waals surface area contributed by atoms with Gasteiger partial charge in [-0.3, -0.25) is 4.79 Å². The predicted molar refractivity (Wildman–Crippen MR) is 69.8 cm³/mol. The Balaban J connectivity index is 2.00. The van der Waals surface area contributed by atoms with Crippen LogP contribution in [0.5, 0.6) is 0 Å². The summed E-state index contributed by atoms with van der Waals surface area (Å²) in [6, 6.07) is 8.30. The first-order valence-electron chi connectivity index (χ1n) is 5.83. The van der Waals surface area contributed by atoms with Crippen molar-refractivity contribution in [1.29, 1.82) is 0 Å². The Morgan fingerprint density at radius 1 is 1.47 bits per heavy atom. The van der Waals surface area contributed by atoms with Crippen molar-refractivity contribution < 1.29 is 9.90 Å². The van der Waals surface area contributed by atoms with Crippen molar-refractivity contribution in [3.8, 4) is 0 Å². The lowest BCUT2D eigenvalue weighted by Gasteiger charge is -2.36. The molecule has 0 amide bonds. The van der Waals surface area contributed by atoms with Gasteiger partial charge in [-0.15, -0.1) is 0 Å². The molecule has 2 unspecified atom stereocenters. The molecule has 2 N–H and O–H groups in total. The summed E-state index contributed by atoms with van der Waals surface area (Å²) in [5.41, 5.74) is 1.17. The van der Waals surface area contributed by atoms with Gasteiger partial charge in [0.2, 0.25) is 0 Å². The summed E-state index contributed by atoms with van der Waals surface area (Å²) in [4.78, 5) is 10.9. The van der Waals surface area contributed by atoms with E-state index in [0.29, 0.717) is 0 Å². The average molecular weight is 298 g/mol. The summed E-state index contributed by atoms with van der Waals surface area (Å²) >= 11 is 3.51. The van der Waals surface area contributed by atoms with Gasteiger partial charge in [0.25, 0.3) is 0 Å². The number of halogens is 1. The van der Waals surface area contributed by atoms with E-state index in [9.17, 15) is 4.79 Å². The monoisotopic (exact) mass is 297 g/mol. The van der Waals surface area contributed by atoms with E-state index in [1.54, 1.807) is 0 Å². The van der Waals surface area contributed by atoms with Gasteiger partial charge in [-0.05, 0) is 31.4 Å². The molecule has 0 saturated heterocycles. The first kappa shape index (κ1) is 12.6. The number of carboxylic acids is 1. The average Bonchev–Trinajstić information content (AvgIpc) is 2.24. The SMILES string of the molecule is C[C@@H](NC1CCC1C(=O)O)c1ccccc1Br. The van der Waals surface area contributed by atoms with E-state index in [1.807, 2.05) is 18.2 Å². The second-order valence-corrected chi connectivity index (χ2v) is 5.39. The standard InChI is InChI=1S/C13H16BrNO2/c1-8(9-4-2-3-5-11(9)14)15-12-7-6-10(12)13(16)17/h2-5,8,10,12,15H,6-7H2,1H3,(H,16,17)/t8-,10?,12?/m1/s1. The fourth-order valence-corrected chi connectivity index (χ4v) is 2.86. The molecule has 0 bridgehead atoms. The molecule has 92 valence electrons. The van der Waals surface area contributed by atoms with Crippen molar-refractivity contribution in [3.63, 3.8) is 0 Å². The molecular formula is C13H16BrNO2. The molecule has 1 aliphatic rings. The van der Waals surface area contributed by atoms with Gasteiger partial charge in [-0.25, -0.2) is 0 Å². The highest BCUT2D eigenvalue weighted by molar-refractivity contribution is 9.10. The highest BCUT2D eigenvalue weighted by atomic mass is 79.9. The van der Waals surface area contributed by atoms with Crippen LogP contribution in [0.1, 0.15) is 31.4 Å². The number of benzene rings is 1. The van der Waals surface area contributed by atoms with Gasteiger partial charge in [0.1, 0.15) is 0 Å². The summed E-state index contributed by atoms with van der Waals surface area (Å²) in [7, 11) is 0. The van der Waals surface area contributed by atoms with E-state index in [-0.39, 0.29) is 18.0 Å². The van der Waals surface area contributed by atoms with Crippen molar-refractivity contribution in [2.75, 3.05) is 0 Å². The van der Waals surface area contributed by atoms with Gasteiger partial charge < -0.3 is 10.4 Å².